The molecule has 0 aliphatic heterocycles. The fraction of sp³-hybridized carbons (Fsp3) is 0.316. The van der Waals surface area contributed by atoms with Crippen LogP contribution in [-0.2, 0) is 10.0 Å². The molecular formula is C19H24N2O6S. The minimum Gasteiger partial charge on any atom is -0.497 e. The summed E-state index contributed by atoms with van der Waals surface area (Å²) in [6.07, 6.45) is 0. The largest absolute Gasteiger partial charge is 0.497 e. The molecule has 0 heterocycles. The number of anilines is 1. The third-order valence-electron chi connectivity index (χ3n) is 3.80. The molecule has 0 aromatic heterocycles. The molecule has 0 radical (unpaired) electrons. The molecule has 0 fully saturated rings. The molecule has 152 valence electrons. The number of amides is 1. The second-order valence-electron chi connectivity index (χ2n) is 6.16. The number of hydrogen-bond acceptors (Lipinski definition) is 6. The topological polar surface area (TPSA) is 103 Å². The highest BCUT2D eigenvalue weighted by molar-refractivity contribution is 7.92. The van der Waals surface area contributed by atoms with Crippen LogP contribution in [0.25, 0.3) is 0 Å². The van der Waals surface area contributed by atoms with Crippen LogP contribution in [0.1, 0.15) is 24.2 Å². The van der Waals surface area contributed by atoms with E-state index in [0.29, 0.717) is 11.5 Å². The Morgan fingerprint density at radius 1 is 0.929 bits per heavy atom. The van der Waals surface area contributed by atoms with Crippen LogP contribution in [0, 0.1) is 0 Å². The Morgan fingerprint density at radius 3 is 2.18 bits per heavy atom. The van der Waals surface area contributed by atoms with Gasteiger partial charge in [0, 0.05) is 12.1 Å². The van der Waals surface area contributed by atoms with Gasteiger partial charge in [0.25, 0.3) is 15.9 Å². The van der Waals surface area contributed by atoms with Crippen molar-refractivity contribution in [2.24, 2.45) is 0 Å². The molecule has 2 N–H and O–H groups in total. The van der Waals surface area contributed by atoms with Crippen LogP contribution >= 0.6 is 0 Å². The van der Waals surface area contributed by atoms with Gasteiger partial charge in [0.05, 0.1) is 37.5 Å². The lowest BCUT2D eigenvalue weighted by molar-refractivity contribution is 0.0940. The molecule has 28 heavy (non-hydrogen) atoms. The summed E-state index contributed by atoms with van der Waals surface area (Å²) in [6.45, 7) is 3.62. The Morgan fingerprint density at radius 2 is 1.61 bits per heavy atom. The van der Waals surface area contributed by atoms with E-state index in [9.17, 15) is 13.2 Å². The van der Waals surface area contributed by atoms with E-state index in [1.807, 2.05) is 13.8 Å². The minimum absolute atomic E-state index is 0.0833. The first-order valence-electron chi connectivity index (χ1n) is 8.45. The van der Waals surface area contributed by atoms with E-state index < -0.39 is 15.9 Å². The van der Waals surface area contributed by atoms with E-state index in [0.717, 1.165) is 0 Å². The van der Waals surface area contributed by atoms with Crippen molar-refractivity contribution >= 4 is 21.6 Å². The summed E-state index contributed by atoms with van der Waals surface area (Å²) in [5, 5.41) is 2.72. The van der Waals surface area contributed by atoms with Gasteiger partial charge in [0.2, 0.25) is 0 Å². The van der Waals surface area contributed by atoms with Crippen LogP contribution in [0.3, 0.4) is 0 Å². The SMILES string of the molecule is COc1ccc(NS(=O)(=O)c2ccc(OC)c(C(=O)NC(C)C)c2)c(OC)c1. The van der Waals surface area contributed by atoms with Gasteiger partial charge >= 0.3 is 0 Å². The first-order chi connectivity index (χ1) is 13.2. The van der Waals surface area contributed by atoms with E-state index in [4.69, 9.17) is 14.2 Å². The molecule has 2 aromatic rings. The summed E-state index contributed by atoms with van der Waals surface area (Å²) in [4.78, 5) is 12.3. The summed E-state index contributed by atoms with van der Waals surface area (Å²) in [5.41, 5.74) is 0.369. The molecule has 0 bridgehead atoms. The zero-order chi connectivity index (χ0) is 20.9. The molecule has 9 heteroatoms. The van der Waals surface area contributed by atoms with Crippen LogP contribution in [-0.4, -0.2) is 41.7 Å². The van der Waals surface area contributed by atoms with E-state index in [-0.39, 0.29) is 27.9 Å². The van der Waals surface area contributed by atoms with Gasteiger partial charge in [-0.15, -0.1) is 0 Å². The number of carbonyl (C=O) groups is 1. The van der Waals surface area contributed by atoms with Crippen molar-refractivity contribution in [3.8, 4) is 17.2 Å². The molecule has 2 aromatic carbocycles. The molecule has 0 unspecified atom stereocenters. The smallest absolute Gasteiger partial charge is 0.262 e. The minimum atomic E-state index is -3.98. The van der Waals surface area contributed by atoms with Crippen LogP contribution in [0.5, 0.6) is 17.2 Å². The molecule has 0 aliphatic rings. The number of sulfonamides is 1. The molecule has 8 nitrogen and oxygen atoms in total. The zero-order valence-corrected chi connectivity index (χ0v) is 17.2. The maximum absolute atomic E-state index is 12.9. The first-order valence-corrected chi connectivity index (χ1v) is 9.94. The number of methoxy groups -OCH3 is 3. The van der Waals surface area contributed by atoms with Gasteiger partial charge < -0.3 is 19.5 Å². The average Bonchev–Trinajstić information content (AvgIpc) is 2.66. The molecule has 2 rings (SSSR count). The van der Waals surface area contributed by atoms with Gasteiger partial charge in [-0.1, -0.05) is 0 Å². The molecular weight excluding hydrogens is 384 g/mol. The highest BCUT2D eigenvalue weighted by atomic mass is 32.2. The van der Waals surface area contributed by atoms with E-state index in [2.05, 4.69) is 10.0 Å². The molecule has 0 saturated heterocycles. The lowest BCUT2D eigenvalue weighted by Gasteiger charge is -2.15. The first kappa shape index (κ1) is 21.4. The summed E-state index contributed by atoms with van der Waals surface area (Å²) in [5.74, 6) is 0.677. The molecule has 0 atom stereocenters. The number of benzene rings is 2. The monoisotopic (exact) mass is 408 g/mol. The number of rotatable bonds is 8. The van der Waals surface area contributed by atoms with Crippen molar-refractivity contribution < 1.29 is 27.4 Å². The number of carbonyl (C=O) groups excluding carboxylic acids is 1. The molecule has 0 aliphatic carbocycles. The average molecular weight is 408 g/mol. The quantitative estimate of drug-likeness (QED) is 0.696. The lowest BCUT2D eigenvalue weighted by atomic mass is 10.2. The molecule has 1 amide bonds. The van der Waals surface area contributed by atoms with Crippen molar-refractivity contribution in [3.63, 3.8) is 0 Å². The Labute approximate surface area is 164 Å². The van der Waals surface area contributed by atoms with Crippen molar-refractivity contribution in [3.05, 3.63) is 42.0 Å². The number of ether oxygens (including phenoxy) is 3. The van der Waals surface area contributed by atoms with Crippen molar-refractivity contribution in [2.45, 2.75) is 24.8 Å². The van der Waals surface area contributed by atoms with Gasteiger partial charge in [-0.2, -0.15) is 0 Å². The Kier molecular flexibility index (Phi) is 6.74. The summed E-state index contributed by atoms with van der Waals surface area (Å²) in [6, 6.07) is 8.67. The number of nitrogens with one attached hydrogen (secondary N) is 2. The Hall–Kier alpha value is -2.94. The maximum atomic E-state index is 12.9. The predicted octanol–water partition coefficient (Wildman–Crippen LogP) is 2.65. The van der Waals surface area contributed by atoms with Crippen LogP contribution in [0.15, 0.2) is 41.3 Å². The van der Waals surface area contributed by atoms with E-state index in [1.165, 1.54) is 45.6 Å². The van der Waals surface area contributed by atoms with Crippen molar-refractivity contribution in [2.75, 3.05) is 26.1 Å². The van der Waals surface area contributed by atoms with Gasteiger partial charge in [-0.05, 0) is 44.2 Å². The van der Waals surface area contributed by atoms with Crippen molar-refractivity contribution in [1.29, 1.82) is 0 Å². The highest BCUT2D eigenvalue weighted by Crippen LogP contribution is 2.31. The van der Waals surface area contributed by atoms with Gasteiger partial charge in [-0.25, -0.2) is 8.42 Å². The second kappa shape index (κ2) is 8.83. The maximum Gasteiger partial charge on any atom is 0.262 e. The molecule has 0 saturated carbocycles. The second-order valence-corrected chi connectivity index (χ2v) is 7.84. The number of hydrogen-bond donors (Lipinski definition) is 2. The fourth-order valence-electron chi connectivity index (χ4n) is 2.46. The van der Waals surface area contributed by atoms with Crippen LogP contribution in [0.4, 0.5) is 5.69 Å². The Balaban J connectivity index is 2.42. The van der Waals surface area contributed by atoms with Gasteiger partial charge in [-0.3, -0.25) is 9.52 Å². The molecule has 0 spiro atoms. The zero-order valence-electron chi connectivity index (χ0n) is 16.4. The third kappa shape index (κ3) is 4.86. The fourth-order valence-corrected chi connectivity index (χ4v) is 3.55. The van der Waals surface area contributed by atoms with Crippen LogP contribution < -0.4 is 24.2 Å². The van der Waals surface area contributed by atoms with Crippen molar-refractivity contribution in [1.82, 2.24) is 5.32 Å². The normalized spacial score (nSPS) is 11.1. The predicted molar refractivity (Wildman–Crippen MR) is 106 cm³/mol. The van der Waals surface area contributed by atoms with Gasteiger partial charge in [0.15, 0.2) is 0 Å². The highest BCUT2D eigenvalue weighted by Gasteiger charge is 2.21. The van der Waals surface area contributed by atoms with Crippen LogP contribution in [0.2, 0.25) is 0 Å². The summed E-state index contributed by atoms with van der Waals surface area (Å²) < 4.78 is 43.7. The summed E-state index contributed by atoms with van der Waals surface area (Å²) in [7, 11) is 0.356. The third-order valence-corrected chi connectivity index (χ3v) is 5.16. The van der Waals surface area contributed by atoms with Gasteiger partial charge in [0.1, 0.15) is 17.2 Å². The standard InChI is InChI=1S/C19H24N2O6S/c1-12(2)20-19(22)15-11-14(7-9-17(15)26-4)28(23,24)21-16-8-6-13(25-3)10-18(16)27-5/h6-12,21H,1-5H3,(H,20,22). The lowest BCUT2D eigenvalue weighted by Crippen LogP contribution is -2.30. The van der Waals surface area contributed by atoms with E-state index in [1.54, 1.807) is 12.1 Å². The summed E-state index contributed by atoms with van der Waals surface area (Å²) >= 11 is 0. The van der Waals surface area contributed by atoms with E-state index >= 15 is 0 Å². The Bertz CT molecular complexity index is 957.